The van der Waals surface area contributed by atoms with E-state index >= 15 is 0 Å². The highest BCUT2D eigenvalue weighted by atomic mass is 16.3. The molecule has 0 bridgehead atoms. The number of hydrogen-bond acceptors (Lipinski definition) is 3. The molecule has 1 amide bonds. The van der Waals surface area contributed by atoms with E-state index in [2.05, 4.69) is 12.2 Å². The summed E-state index contributed by atoms with van der Waals surface area (Å²) in [5.74, 6) is 1.33. The quantitative estimate of drug-likeness (QED) is 0.834. The van der Waals surface area contributed by atoms with Crippen LogP contribution in [0.4, 0.5) is 0 Å². The van der Waals surface area contributed by atoms with E-state index in [9.17, 15) is 4.79 Å². The molecule has 112 valence electrons. The third-order valence-electron chi connectivity index (χ3n) is 3.94. The fourth-order valence-electron chi connectivity index (χ4n) is 2.64. The number of nitrogens with one attached hydrogen (secondary N) is 1. The van der Waals surface area contributed by atoms with E-state index < -0.39 is 0 Å². The van der Waals surface area contributed by atoms with Gasteiger partial charge in [-0.1, -0.05) is 0 Å². The average Bonchev–Trinajstić information content (AvgIpc) is 2.99. The van der Waals surface area contributed by atoms with E-state index in [1.807, 2.05) is 17.0 Å². The second-order valence-corrected chi connectivity index (χ2v) is 5.66. The van der Waals surface area contributed by atoms with Gasteiger partial charge in [0.1, 0.15) is 5.76 Å². The van der Waals surface area contributed by atoms with Crippen molar-refractivity contribution in [1.82, 2.24) is 10.2 Å². The molecule has 1 unspecified atom stereocenters. The van der Waals surface area contributed by atoms with Gasteiger partial charge in [0.2, 0.25) is 5.91 Å². The van der Waals surface area contributed by atoms with E-state index in [0.29, 0.717) is 18.4 Å². The second kappa shape index (κ2) is 8.10. The van der Waals surface area contributed by atoms with E-state index in [1.165, 1.54) is 19.3 Å². The highest BCUT2D eigenvalue weighted by Crippen LogP contribution is 2.10. The van der Waals surface area contributed by atoms with Crippen molar-refractivity contribution in [3.05, 3.63) is 24.2 Å². The van der Waals surface area contributed by atoms with Crippen molar-refractivity contribution in [2.75, 3.05) is 19.6 Å². The molecule has 1 fully saturated rings. The van der Waals surface area contributed by atoms with Crippen molar-refractivity contribution in [2.45, 2.75) is 51.5 Å². The van der Waals surface area contributed by atoms with Crippen molar-refractivity contribution >= 4 is 5.91 Å². The molecule has 0 radical (unpaired) electrons. The Hall–Kier alpha value is -1.29. The van der Waals surface area contributed by atoms with E-state index in [0.717, 1.165) is 38.2 Å². The van der Waals surface area contributed by atoms with E-state index in [-0.39, 0.29) is 0 Å². The van der Waals surface area contributed by atoms with Crippen LogP contribution in [-0.4, -0.2) is 36.5 Å². The van der Waals surface area contributed by atoms with Crippen LogP contribution in [0.3, 0.4) is 0 Å². The normalized spacial score (nSPS) is 17.1. The number of rotatable bonds is 7. The average molecular weight is 278 g/mol. The van der Waals surface area contributed by atoms with Gasteiger partial charge in [0.25, 0.3) is 0 Å². The summed E-state index contributed by atoms with van der Waals surface area (Å²) in [6.45, 7) is 4.84. The number of hydrogen-bond donors (Lipinski definition) is 1. The summed E-state index contributed by atoms with van der Waals surface area (Å²) in [5.41, 5.74) is 0. The molecular formula is C16H26N2O2. The molecule has 1 aromatic heterocycles. The molecule has 1 aromatic rings. The summed E-state index contributed by atoms with van der Waals surface area (Å²) in [6.07, 6.45) is 7.91. The van der Waals surface area contributed by atoms with Gasteiger partial charge in [-0.25, -0.2) is 0 Å². The summed E-state index contributed by atoms with van der Waals surface area (Å²) in [5, 5.41) is 3.43. The van der Waals surface area contributed by atoms with Crippen LogP contribution < -0.4 is 5.32 Å². The second-order valence-electron chi connectivity index (χ2n) is 5.66. The Labute approximate surface area is 121 Å². The smallest absolute Gasteiger partial charge is 0.223 e. The maximum absolute atomic E-state index is 12.0. The lowest BCUT2D eigenvalue weighted by Gasteiger charge is -2.27. The lowest BCUT2D eigenvalue weighted by Crippen LogP contribution is -2.38. The van der Waals surface area contributed by atoms with E-state index in [1.54, 1.807) is 6.26 Å². The van der Waals surface area contributed by atoms with Crippen LogP contribution in [0.2, 0.25) is 0 Å². The van der Waals surface area contributed by atoms with Crippen LogP contribution in [0.1, 0.15) is 44.8 Å². The first-order valence-corrected chi connectivity index (χ1v) is 7.79. The maximum Gasteiger partial charge on any atom is 0.223 e. The first kappa shape index (κ1) is 15.1. The number of amides is 1. The number of furan rings is 1. The fraction of sp³-hybridized carbons (Fsp3) is 0.688. The first-order valence-electron chi connectivity index (χ1n) is 7.79. The van der Waals surface area contributed by atoms with Crippen molar-refractivity contribution in [3.8, 4) is 0 Å². The molecule has 1 N–H and O–H groups in total. The minimum absolute atomic E-state index is 0.301. The van der Waals surface area contributed by atoms with Gasteiger partial charge in [-0.2, -0.15) is 0 Å². The van der Waals surface area contributed by atoms with E-state index in [4.69, 9.17) is 4.42 Å². The van der Waals surface area contributed by atoms with Gasteiger partial charge in [0.15, 0.2) is 0 Å². The van der Waals surface area contributed by atoms with Gasteiger partial charge >= 0.3 is 0 Å². The summed E-state index contributed by atoms with van der Waals surface area (Å²) in [4.78, 5) is 14.0. The number of carbonyl (C=O) groups excluding carboxylic acids is 1. The zero-order chi connectivity index (χ0) is 14.2. The summed E-state index contributed by atoms with van der Waals surface area (Å²) in [7, 11) is 0. The Morgan fingerprint density at radius 2 is 2.20 bits per heavy atom. The summed E-state index contributed by atoms with van der Waals surface area (Å²) < 4.78 is 5.32. The molecule has 0 aromatic carbocycles. The Bertz CT molecular complexity index is 383. The van der Waals surface area contributed by atoms with Gasteiger partial charge in [-0.3, -0.25) is 4.79 Å². The topological polar surface area (TPSA) is 45.5 Å². The molecule has 4 heteroatoms. The fourth-order valence-corrected chi connectivity index (χ4v) is 2.64. The van der Waals surface area contributed by atoms with Gasteiger partial charge < -0.3 is 14.6 Å². The molecule has 0 aliphatic carbocycles. The zero-order valence-electron chi connectivity index (χ0n) is 12.4. The highest BCUT2D eigenvalue weighted by molar-refractivity contribution is 5.76. The molecular weight excluding hydrogens is 252 g/mol. The molecule has 1 aliphatic rings. The molecule has 2 rings (SSSR count). The lowest BCUT2D eigenvalue weighted by atomic mass is 10.1. The van der Waals surface area contributed by atoms with Crippen LogP contribution in [0.5, 0.6) is 0 Å². The number of aryl methyl sites for hydroxylation is 1. The number of likely N-dealkylation sites (tertiary alicyclic amines) is 1. The van der Waals surface area contributed by atoms with Crippen LogP contribution in [-0.2, 0) is 11.2 Å². The number of nitrogens with zero attached hydrogens (tertiary/aromatic N) is 1. The lowest BCUT2D eigenvalue weighted by molar-refractivity contribution is -0.132. The van der Waals surface area contributed by atoms with Crippen LogP contribution in [0.25, 0.3) is 0 Å². The molecule has 20 heavy (non-hydrogen) atoms. The van der Waals surface area contributed by atoms with Crippen LogP contribution in [0, 0.1) is 0 Å². The molecule has 1 saturated heterocycles. The maximum atomic E-state index is 12.0. The Balaban J connectivity index is 1.56. The standard InChI is InChI=1S/C16H26N2O2/c1-14(7-8-15-6-5-13-20-15)17-10-9-16(19)18-11-3-2-4-12-18/h5-6,13-14,17H,2-4,7-12H2,1H3. The Kier molecular flexibility index (Phi) is 6.12. The predicted molar refractivity (Wildman–Crippen MR) is 79.5 cm³/mol. The largest absolute Gasteiger partial charge is 0.469 e. The Morgan fingerprint density at radius 1 is 1.40 bits per heavy atom. The number of carbonyl (C=O) groups is 1. The monoisotopic (exact) mass is 278 g/mol. The van der Waals surface area contributed by atoms with Crippen LogP contribution >= 0.6 is 0 Å². The van der Waals surface area contributed by atoms with Gasteiger partial charge in [-0.15, -0.1) is 0 Å². The zero-order valence-corrected chi connectivity index (χ0v) is 12.4. The van der Waals surface area contributed by atoms with Crippen molar-refractivity contribution in [1.29, 1.82) is 0 Å². The molecule has 1 aliphatic heterocycles. The first-order chi connectivity index (χ1) is 9.75. The number of piperidine rings is 1. The molecule has 1 atom stereocenters. The highest BCUT2D eigenvalue weighted by Gasteiger charge is 2.15. The third kappa shape index (κ3) is 5.00. The van der Waals surface area contributed by atoms with Crippen molar-refractivity contribution in [3.63, 3.8) is 0 Å². The minimum Gasteiger partial charge on any atom is -0.469 e. The minimum atomic E-state index is 0.301. The third-order valence-corrected chi connectivity index (χ3v) is 3.94. The van der Waals surface area contributed by atoms with Gasteiger partial charge in [-0.05, 0) is 44.7 Å². The summed E-state index contributed by atoms with van der Waals surface area (Å²) in [6, 6.07) is 4.34. The molecule has 2 heterocycles. The van der Waals surface area contributed by atoms with Crippen LogP contribution in [0.15, 0.2) is 22.8 Å². The SMILES string of the molecule is CC(CCc1ccco1)NCCC(=O)N1CCCCC1. The summed E-state index contributed by atoms with van der Waals surface area (Å²) >= 11 is 0. The van der Waals surface area contributed by atoms with Gasteiger partial charge in [0, 0.05) is 38.5 Å². The molecule has 4 nitrogen and oxygen atoms in total. The molecule has 0 spiro atoms. The predicted octanol–water partition coefficient (Wildman–Crippen LogP) is 2.59. The van der Waals surface area contributed by atoms with Crippen molar-refractivity contribution < 1.29 is 9.21 Å². The Morgan fingerprint density at radius 3 is 2.90 bits per heavy atom. The van der Waals surface area contributed by atoms with Gasteiger partial charge in [0.05, 0.1) is 6.26 Å². The van der Waals surface area contributed by atoms with Crippen molar-refractivity contribution in [2.24, 2.45) is 0 Å². The molecule has 0 saturated carbocycles.